The molecule has 5 heteroatoms. The first-order valence-electron chi connectivity index (χ1n) is 6.14. The van der Waals surface area contributed by atoms with E-state index in [2.05, 4.69) is 10.6 Å². The first kappa shape index (κ1) is 14.3. The average Bonchev–Trinajstić information content (AvgIpc) is 2.45. The van der Waals surface area contributed by atoms with Gasteiger partial charge in [0.25, 0.3) is 0 Å². The fourth-order valence-electron chi connectivity index (χ4n) is 1.65. The van der Waals surface area contributed by atoms with E-state index in [1.807, 2.05) is 6.07 Å². The summed E-state index contributed by atoms with van der Waals surface area (Å²) in [5, 5.41) is 6.33. The third kappa shape index (κ3) is 4.55. The number of carbonyl (C=O) groups excluding carboxylic acids is 1. The molecule has 1 amide bonds. The van der Waals surface area contributed by atoms with Crippen LogP contribution in [0, 0.1) is 5.82 Å². The second-order valence-electron chi connectivity index (χ2n) is 4.27. The van der Waals surface area contributed by atoms with Crippen LogP contribution >= 0.6 is 11.6 Å². The van der Waals surface area contributed by atoms with Gasteiger partial charge in [-0.1, -0.05) is 29.8 Å². The lowest BCUT2D eigenvalue weighted by molar-refractivity contribution is -0.119. The van der Waals surface area contributed by atoms with Crippen LogP contribution in [0.15, 0.2) is 48.5 Å². The minimum absolute atomic E-state index is 0.144. The molecule has 0 fully saturated rings. The molecule has 0 aromatic heterocycles. The van der Waals surface area contributed by atoms with Gasteiger partial charge in [-0.2, -0.15) is 0 Å². The fourth-order valence-corrected chi connectivity index (χ4v) is 1.84. The molecule has 0 aliphatic carbocycles. The van der Waals surface area contributed by atoms with Crippen LogP contribution in [0.1, 0.15) is 5.56 Å². The second-order valence-corrected chi connectivity index (χ2v) is 4.70. The van der Waals surface area contributed by atoms with Gasteiger partial charge in [0.05, 0.1) is 6.54 Å². The number of amides is 1. The molecule has 0 heterocycles. The van der Waals surface area contributed by atoms with Crippen LogP contribution in [-0.2, 0) is 11.3 Å². The topological polar surface area (TPSA) is 41.1 Å². The van der Waals surface area contributed by atoms with E-state index in [0.717, 1.165) is 11.3 Å². The van der Waals surface area contributed by atoms with Crippen molar-refractivity contribution in [1.82, 2.24) is 5.32 Å². The highest BCUT2D eigenvalue weighted by atomic mass is 35.5. The molecular weight excluding hydrogens is 279 g/mol. The van der Waals surface area contributed by atoms with E-state index in [4.69, 9.17) is 11.6 Å². The Kier molecular flexibility index (Phi) is 4.96. The molecule has 0 aliphatic rings. The average molecular weight is 293 g/mol. The van der Waals surface area contributed by atoms with E-state index in [9.17, 15) is 9.18 Å². The summed E-state index contributed by atoms with van der Waals surface area (Å²) in [6.07, 6.45) is 0. The van der Waals surface area contributed by atoms with Gasteiger partial charge in [0, 0.05) is 17.3 Å². The first-order chi connectivity index (χ1) is 9.63. The van der Waals surface area contributed by atoms with Gasteiger partial charge in [-0.15, -0.1) is 0 Å². The summed E-state index contributed by atoms with van der Waals surface area (Å²) in [7, 11) is 0. The van der Waals surface area contributed by atoms with E-state index >= 15 is 0 Å². The highest BCUT2D eigenvalue weighted by Crippen LogP contribution is 2.14. The summed E-state index contributed by atoms with van der Waals surface area (Å²) >= 11 is 5.84. The summed E-state index contributed by atoms with van der Waals surface area (Å²) < 4.78 is 12.7. The fraction of sp³-hybridized carbons (Fsp3) is 0.133. The quantitative estimate of drug-likeness (QED) is 0.888. The summed E-state index contributed by atoms with van der Waals surface area (Å²) in [5.74, 6) is -0.433. The molecule has 0 spiro atoms. The lowest BCUT2D eigenvalue weighted by Crippen LogP contribution is -2.29. The van der Waals surface area contributed by atoms with Crippen LogP contribution < -0.4 is 10.6 Å². The Hall–Kier alpha value is -2.07. The van der Waals surface area contributed by atoms with Crippen molar-refractivity contribution in [2.24, 2.45) is 0 Å². The summed E-state index contributed by atoms with van der Waals surface area (Å²) in [6.45, 7) is 0.526. The minimum Gasteiger partial charge on any atom is -0.376 e. The molecule has 0 aliphatic heterocycles. The molecule has 104 valence electrons. The number of nitrogens with one attached hydrogen (secondary N) is 2. The molecule has 3 nitrogen and oxygen atoms in total. The van der Waals surface area contributed by atoms with Crippen molar-refractivity contribution in [3.8, 4) is 0 Å². The van der Waals surface area contributed by atoms with E-state index in [0.29, 0.717) is 11.6 Å². The van der Waals surface area contributed by atoms with E-state index in [1.54, 1.807) is 30.3 Å². The number of carbonyl (C=O) groups is 1. The Morgan fingerprint density at radius 2 is 1.90 bits per heavy atom. The molecule has 0 saturated heterocycles. The van der Waals surface area contributed by atoms with Crippen LogP contribution in [0.5, 0.6) is 0 Å². The summed E-state index contributed by atoms with van der Waals surface area (Å²) in [5.41, 5.74) is 1.64. The Morgan fingerprint density at radius 3 is 2.60 bits per heavy atom. The van der Waals surface area contributed by atoms with Gasteiger partial charge in [-0.05, 0) is 35.9 Å². The molecule has 2 N–H and O–H groups in total. The van der Waals surface area contributed by atoms with E-state index in [1.165, 1.54) is 12.1 Å². The zero-order valence-corrected chi connectivity index (χ0v) is 11.5. The number of benzene rings is 2. The van der Waals surface area contributed by atoms with E-state index in [-0.39, 0.29) is 18.3 Å². The molecule has 0 radical (unpaired) electrons. The number of hydrogen-bond acceptors (Lipinski definition) is 2. The largest absolute Gasteiger partial charge is 0.376 e. The van der Waals surface area contributed by atoms with Gasteiger partial charge in [-0.3, -0.25) is 4.79 Å². The normalized spacial score (nSPS) is 10.1. The lowest BCUT2D eigenvalue weighted by Gasteiger charge is -2.08. The molecule has 0 unspecified atom stereocenters. The van der Waals surface area contributed by atoms with Gasteiger partial charge in [0.1, 0.15) is 5.82 Å². The summed E-state index contributed by atoms with van der Waals surface area (Å²) in [4.78, 5) is 11.7. The smallest absolute Gasteiger partial charge is 0.239 e. The molecule has 2 aromatic carbocycles. The molecule has 0 atom stereocenters. The molecule has 20 heavy (non-hydrogen) atoms. The Morgan fingerprint density at radius 1 is 1.15 bits per heavy atom. The summed E-state index contributed by atoms with van der Waals surface area (Å²) in [6, 6.07) is 13.2. The van der Waals surface area contributed by atoms with Gasteiger partial charge in [0.2, 0.25) is 5.91 Å². The zero-order chi connectivity index (χ0) is 14.4. The van der Waals surface area contributed by atoms with Gasteiger partial charge in [0.15, 0.2) is 0 Å². The predicted octanol–water partition coefficient (Wildman–Crippen LogP) is 3.21. The molecule has 0 bridgehead atoms. The molecule has 2 aromatic rings. The minimum atomic E-state index is -0.289. The van der Waals surface area contributed by atoms with Gasteiger partial charge < -0.3 is 10.6 Å². The van der Waals surface area contributed by atoms with Crippen molar-refractivity contribution in [1.29, 1.82) is 0 Å². The lowest BCUT2D eigenvalue weighted by atomic mass is 10.2. The maximum atomic E-state index is 12.7. The SMILES string of the molecule is O=C(CNc1cccc(Cl)c1)NCc1ccc(F)cc1. The molecule has 0 saturated carbocycles. The monoisotopic (exact) mass is 292 g/mol. The van der Waals surface area contributed by atoms with Crippen LogP contribution in [0.2, 0.25) is 5.02 Å². The predicted molar refractivity (Wildman–Crippen MR) is 78.2 cm³/mol. The number of anilines is 1. The van der Waals surface area contributed by atoms with Crippen molar-refractivity contribution in [3.05, 3.63) is 64.9 Å². The third-order valence-electron chi connectivity index (χ3n) is 2.68. The molecule has 2 rings (SSSR count). The van der Waals surface area contributed by atoms with Crippen LogP contribution in [0.3, 0.4) is 0 Å². The maximum Gasteiger partial charge on any atom is 0.239 e. The zero-order valence-electron chi connectivity index (χ0n) is 10.7. The van der Waals surface area contributed by atoms with Crippen LogP contribution in [0.25, 0.3) is 0 Å². The standard InChI is InChI=1S/C15H14ClFN2O/c16-12-2-1-3-14(8-12)18-10-15(20)19-9-11-4-6-13(17)7-5-11/h1-8,18H,9-10H2,(H,19,20). The highest BCUT2D eigenvalue weighted by Gasteiger charge is 2.02. The van der Waals surface area contributed by atoms with Crippen molar-refractivity contribution in [2.45, 2.75) is 6.54 Å². The van der Waals surface area contributed by atoms with Crippen molar-refractivity contribution < 1.29 is 9.18 Å². The first-order valence-corrected chi connectivity index (χ1v) is 6.52. The van der Waals surface area contributed by atoms with Crippen LogP contribution in [0.4, 0.5) is 10.1 Å². The van der Waals surface area contributed by atoms with Gasteiger partial charge in [-0.25, -0.2) is 4.39 Å². The Bertz CT molecular complexity index is 587. The second kappa shape index (κ2) is 6.91. The van der Waals surface area contributed by atoms with Gasteiger partial charge >= 0.3 is 0 Å². The Labute approximate surface area is 121 Å². The highest BCUT2D eigenvalue weighted by molar-refractivity contribution is 6.30. The number of rotatable bonds is 5. The van der Waals surface area contributed by atoms with Crippen molar-refractivity contribution >= 4 is 23.2 Å². The number of hydrogen-bond donors (Lipinski definition) is 2. The Balaban J connectivity index is 1.77. The maximum absolute atomic E-state index is 12.7. The van der Waals surface area contributed by atoms with Crippen molar-refractivity contribution in [3.63, 3.8) is 0 Å². The number of halogens is 2. The van der Waals surface area contributed by atoms with Crippen LogP contribution in [-0.4, -0.2) is 12.5 Å². The van der Waals surface area contributed by atoms with E-state index < -0.39 is 0 Å². The van der Waals surface area contributed by atoms with Crippen molar-refractivity contribution in [2.75, 3.05) is 11.9 Å². The molecular formula is C15H14ClFN2O. The third-order valence-corrected chi connectivity index (χ3v) is 2.92.